The molecule has 3 atom stereocenters. The third-order valence-electron chi connectivity index (χ3n) is 11.5. The molecular weight excluding hydrogens is 924 g/mol. The van der Waals surface area contributed by atoms with Crippen molar-refractivity contribution in [3.05, 3.63) is 158 Å². The van der Waals surface area contributed by atoms with Crippen LogP contribution in [0.25, 0.3) is 0 Å². The zero-order valence-electron chi connectivity index (χ0n) is 46.8. The number of amides is 1. The average Bonchev–Trinajstić information content (AvgIpc) is 3.35. The van der Waals surface area contributed by atoms with E-state index in [1.807, 2.05) is 27.2 Å². The van der Waals surface area contributed by atoms with Crippen molar-refractivity contribution in [2.75, 3.05) is 40.9 Å². The zero-order chi connectivity index (χ0) is 53.5. The fraction of sp³-hybridized carbons (Fsp3) is 0.578. The summed E-state index contributed by atoms with van der Waals surface area (Å²) in [4.78, 5) is 25.4. The summed E-state index contributed by atoms with van der Waals surface area (Å²) in [6, 6.07) is -0.925. The van der Waals surface area contributed by atoms with Crippen molar-refractivity contribution < 1.29 is 32.9 Å². The van der Waals surface area contributed by atoms with Crippen LogP contribution in [0, 0.1) is 0 Å². The van der Waals surface area contributed by atoms with Gasteiger partial charge in [-0.2, -0.15) is 0 Å². The molecule has 0 aromatic heterocycles. The Morgan fingerprint density at radius 2 is 0.849 bits per heavy atom. The molecule has 2 N–H and O–H groups in total. The van der Waals surface area contributed by atoms with E-state index in [2.05, 4.69) is 165 Å². The van der Waals surface area contributed by atoms with E-state index in [0.29, 0.717) is 17.4 Å². The molecule has 0 spiro atoms. The third kappa shape index (κ3) is 55.7. The van der Waals surface area contributed by atoms with E-state index in [0.717, 1.165) is 128 Å². The summed E-state index contributed by atoms with van der Waals surface area (Å²) in [6.45, 7) is 4.44. The SMILES string of the molecule is CC/C=C\C/C=C\C/C=C\C/C=C\C/C=C\C/C=C\C/C=C\C/C=C\C/C=C\C/C=C\C/C=C\CCCCCCCC(=O)NC(COP(=O)([O-])OCC[N+](C)(C)C)C(O)/C=C/CC/C=C/CCCCCCCC. The molecule has 0 fully saturated rings. The number of phosphoric acid groups is 1. The standard InChI is InChI=1S/C64H105N2O6P/c1-6-8-10-12-14-16-18-20-21-22-23-24-25-26-27-28-29-30-31-32-33-34-35-36-37-38-39-40-41-42-43-44-45-46-48-50-52-54-56-58-64(68)65-62(61-72-73(69,70)71-60-59-66(3,4)5)63(67)57-55-53-51-49-47-19-17-15-13-11-9-7-2/h8,10,14,16,20-21,23-24,26-27,29-30,32-33,35-36,38-39,41-42,44-45,47,49,55,57,62-63,67H,6-7,9,11-13,15,17-19,22,25,28,31,34,37,40,43,46,48,50-54,56,58-61H2,1-5H3,(H-,65,68,69,70)/b10-8-,16-14-,21-20-,24-23-,27-26-,30-29-,33-32-,36-35-,39-38-,42-41-,45-44-,49-47+,57-55+. The summed E-state index contributed by atoms with van der Waals surface area (Å²) in [5, 5.41) is 13.8. The summed E-state index contributed by atoms with van der Waals surface area (Å²) in [5.74, 6) is -0.235. The number of rotatable bonds is 49. The van der Waals surface area contributed by atoms with E-state index in [1.165, 1.54) is 38.5 Å². The minimum absolute atomic E-state index is 0.0193. The maximum atomic E-state index is 12.9. The first-order chi connectivity index (χ1) is 35.5. The Morgan fingerprint density at radius 1 is 0.493 bits per heavy atom. The summed E-state index contributed by atoms with van der Waals surface area (Å²) in [6.07, 6.45) is 83.3. The van der Waals surface area contributed by atoms with Crippen LogP contribution in [-0.4, -0.2) is 68.5 Å². The highest BCUT2D eigenvalue weighted by atomic mass is 31.2. The molecular formula is C64H105N2O6P. The third-order valence-corrected chi connectivity index (χ3v) is 12.4. The van der Waals surface area contributed by atoms with E-state index in [-0.39, 0.29) is 12.5 Å². The van der Waals surface area contributed by atoms with Crippen molar-refractivity contribution in [1.29, 1.82) is 0 Å². The largest absolute Gasteiger partial charge is 0.756 e. The van der Waals surface area contributed by atoms with Gasteiger partial charge in [0.2, 0.25) is 5.91 Å². The molecule has 0 heterocycles. The van der Waals surface area contributed by atoms with Crippen LogP contribution >= 0.6 is 7.82 Å². The number of aliphatic hydroxyl groups excluding tert-OH is 1. The van der Waals surface area contributed by atoms with Gasteiger partial charge in [0, 0.05) is 6.42 Å². The first-order valence-corrected chi connectivity index (χ1v) is 29.8. The Hall–Kier alpha value is -3.88. The number of quaternary nitrogens is 1. The number of hydrogen-bond acceptors (Lipinski definition) is 6. The maximum absolute atomic E-state index is 12.9. The van der Waals surface area contributed by atoms with E-state index < -0.39 is 26.6 Å². The minimum atomic E-state index is -4.62. The Labute approximate surface area is 448 Å². The van der Waals surface area contributed by atoms with Crippen molar-refractivity contribution in [3.8, 4) is 0 Å². The van der Waals surface area contributed by atoms with Crippen LogP contribution in [0.15, 0.2) is 158 Å². The predicted octanol–water partition coefficient (Wildman–Crippen LogP) is 16.8. The first kappa shape index (κ1) is 69.1. The minimum Gasteiger partial charge on any atom is -0.756 e. The van der Waals surface area contributed by atoms with E-state index in [1.54, 1.807) is 6.08 Å². The molecule has 0 saturated heterocycles. The van der Waals surface area contributed by atoms with Gasteiger partial charge < -0.3 is 28.8 Å². The fourth-order valence-electron chi connectivity index (χ4n) is 7.05. The van der Waals surface area contributed by atoms with Crippen molar-refractivity contribution in [3.63, 3.8) is 0 Å². The molecule has 0 aromatic carbocycles. The van der Waals surface area contributed by atoms with Crippen LogP contribution in [0.2, 0.25) is 0 Å². The second kappa shape index (κ2) is 53.0. The highest BCUT2D eigenvalue weighted by Gasteiger charge is 2.23. The second-order valence-electron chi connectivity index (χ2n) is 19.5. The van der Waals surface area contributed by atoms with Crippen molar-refractivity contribution in [2.45, 2.75) is 199 Å². The topological polar surface area (TPSA) is 108 Å². The lowest BCUT2D eigenvalue weighted by Gasteiger charge is -2.29. The molecule has 3 unspecified atom stereocenters. The number of carbonyl (C=O) groups is 1. The summed E-state index contributed by atoms with van der Waals surface area (Å²) < 4.78 is 23.2. The molecule has 73 heavy (non-hydrogen) atoms. The summed E-state index contributed by atoms with van der Waals surface area (Å²) >= 11 is 0. The molecule has 0 saturated carbocycles. The first-order valence-electron chi connectivity index (χ1n) is 28.3. The molecule has 0 aliphatic carbocycles. The van der Waals surface area contributed by atoms with E-state index >= 15 is 0 Å². The highest BCUT2D eigenvalue weighted by Crippen LogP contribution is 2.38. The zero-order valence-corrected chi connectivity index (χ0v) is 47.7. The van der Waals surface area contributed by atoms with Crippen molar-refractivity contribution >= 4 is 13.7 Å². The van der Waals surface area contributed by atoms with Gasteiger partial charge in [-0.3, -0.25) is 9.36 Å². The monoisotopic (exact) mass is 1030 g/mol. The second-order valence-corrected chi connectivity index (χ2v) is 21.0. The smallest absolute Gasteiger partial charge is 0.268 e. The van der Waals surface area contributed by atoms with Gasteiger partial charge in [-0.05, 0) is 116 Å². The van der Waals surface area contributed by atoms with E-state index in [4.69, 9.17) is 9.05 Å². The predicted molar refractivity (Wildman–Crippen MR) is 315 cm³/mol. The molecule has 0 rings (SSSR count). The Morgan fingerprint density at radius 3 is 1.27 bits per heavy atom. The van der Waals surface area contributed by atoms with Crippen LogP contribution in [0.5, 0.6) is 0 Å². The van der Waals surface area contributed by atoms with Crippen LogP contribution in [0.3, 0.4) is 0 Å². The van der Waals surface area contributed by atoms with Crippen LogP contribution in [0.1, 0.15) is 187 Å². The molecule has 8 nitrogen and oxygen atoms in total. The molecule has 9 heteroatoms. The Bertz CT molecular complexity index is 1740. The molecule has 0 aliphatic rings. The van der Waals surface area contributed by atoms with Gasteiger partial charge in [-0.25, -0.2) is 0 Å². The van der Waals surface area contributed by atoms with Crippen molar-refractivity contribution in [2.24, 2.45) is 0 Å². The summed E-state index contributed by atoms with van der Waals surface area (Å²) in [7, 11) is 1.20. The van der Waals surface area contributed by atoms with Gasteiger partial charge in [0.1, 0.15) is 13.2 Å². The summed E-state index contributed by atoms with van der Waals surface area (Å²) in [5.41, 5.74) is 0. The lowest BCUT2D eigenvalue weighted by Crippen LogP contribution is -2.45. The van der Waals surface area contributed by atoms with Gasteiger partial charge in [-0.15, -0.1) is 0 Å². The Balaban J connectivity index is 4.21. The highest BCUT2D eigenvalue weighted by molar-refractivity contribution is 7.45. The van der Waals surface area contributed by atoms with Crippen LogP contribution in [0.4, 0.5) is 0 Å². The van der Waals surface area contributed by atoms with Gasteiger partial charge in [-0.1, -0.05) is 223 Å². The molecule has 0 radical (unpaired) electrons. The number of nitrogens with one attached hydrogen (secondary N) is 1. The van der Waals surface area contributed by atoms with Gasteiger partial charge in [0.25, 0.3) is 7.82 Å². The quantitative estimate of drug-likeness (QED) is 0.0272. The number of allylic oxidation sites excluding steroid dienone is 25. The van der Waals surface area contributed by atoms with Crippen LogP contribution < -0.4 is 10.2 Å². The van der Waals surface area contributed by atoms with E-state index in [9.17, 15) is 19.4 Å². The van der Waals surface area contributed by atoms with Gasteiger partial charge >= 0.3 is 0 Å². The lowest BCUT2D eigenvalue weighted by molar-refractivity contribution is -0.870. The molecule has 412 valence electrons. The Kier molecular flexibility index (Phi) is 50.1. The fourth-order valence-corrected chi connectivity index (χ4v) is 7.78. The average molecular weight is 1030 g/mol. The number of hydrogen-bond donors (Lipinski definition) is 2. The molecule has 1 amide bonds. The van der Waals surface area contributed by atoms with Crippen LogP contribution in [-0.2, 0) is 18.4 Å². The number of unbranched alkanes of at least 4 members (excludes halogenated alkanes) is 12. The maximum Gasteiger partial charge on any atom is 0.268 e. The molecule has 0 aliphatic heterocycles. The van der Waals surface area contributed by atoms with Gasteiger partial charge in [0.05, 0.1) is 39.9 Å². The number of phosphoric ester groups is 1. The lowest BCUT2D eigenvalue weighted by atomic mass is 10.1. The normalized spacial score (nSPS) is 15.1. The number of aliphatic hydroxyl groups is 1. The molecule has 0 bridgehead atoms. The van der Waals surface area contributed by atoms with Crippen molar-refractivity contribution in [1.82, 2.24) is 5.32 Å². The van der Waals surface area contributed by atoms with Gasteiger partial charge in [0.15, 0.2) is 0 Å². The number of carbonyl (C=O) groups excluding carboxylic acids is 1. The number of likely N-dealkylation sites (N-methyl/N-ethyl adjacent to an activating group) is 1. The molecule has 0 aromatic rings. The number of nitrogens with zero attached hydrogens (tertiary/aromatic N) is 1.